The Bertz CT molecular complexity index is 428. The molecule has 1 amide bonds. The van der Waals surface area contributed by atoms with Crippen molar-refractivity contribution in [2.75, 3.05) is 18.4 Å². The van der Waals surface area contributed by atoms with Crippen LogP contribution in [0.3, 0.4) is 0 Å². The number of hydrogen-bond donors (Lipinski definition) is 3. The molecular weight excluding hydrogens is 220 g/mol. The zero-order chi connectivity index (χ0) is 12.7. The highest BCUT2D eigenvalue weighted by Gasteiger charge is 2.02. The van der Waals surface area contributed by atoms with Gasteiger partial charge in [-0.15, -0.1) is 0 Å². The molecule has 1 rings (SSSR count). The predicted molar refractivity (Wildman–Crippen MR) is 66.0 cm³/mol. The van der Waals surface area contributed by atoms with E-state index in [2.05, 4.69) is 20.6 Å². The van der Waals surface area contributed by atoms with Crippen molar-refractivity contribution in [1.82, 2.24) is 15.3 Å². The molecule has 0 saturated carbocycles. The number of anilines is 1. The van der Waals surface area contributed by atoms with E-state index in [0.717, 1.165) is 6.42 Å². The van der Waals surface area contributed by atoms with Crippen LogP contribution < -0.4 is 16.2 Å². The van der Waals surface area contributed by atoms with Crippen LogP contribution in [0.1, 0.15) is 26.1 Å². The van der Waals surface area contributed by atoms with Gasteiger partial charge in [0.25, 0.3) is 5.56 Å². The topological polar surface area (TPSA) is 86.9 Å². The first kappa shape index (κ1) is 13.2. The Hall–Kier alpha value is -1.85. The zero-order valence-electron chi connectivity index (χ0n) is 10.2. The van der Waals surface area contributed by atoms with Gasteiger partial charge < -0.3 is 15.6 Å². The van der Waals surface area contributed by atoms with Gasteiger partial charge in [-0.1, -0.05) is 13.8 Å². The Morgan fingerprint density at radius 2 is 2.24 bits per heavy atom. The van der Waals surface area contributed by atoms with Gasteiger partial charge in [-0.05, 0) is 6.42 Å². The van der Waals surface area contributed by atoms with E-state index in [1.807, 2.05) is 13.8 Å². The lowest BCUT2D eigenvalue weighted by molar-refractivity contribution is -0.119. The van der Waals surface area contributed by atoms with Gasteiger partial charge in [-0.25, -0.2) is 4.98 Å². The molecule has 1 heterocycles. The number of nitrogens with zero attached hydrogens (tertiary/aromatic N) is 1. The summed E-state index contributed by atoms with van der Waals surface area (Å²) in [5.74, 6) is 0.929. The third-order valence-electron chi connectivity index (χ3n) is 2.13. The number of aromatic amines is 1. The van der Waals surface area contributed by atoms with Crippen LogP contribution in [0.2, 0.25) is 0 Å². The molecule has 0 aliphatic heterocycles. The van der Waals surface area contributed by atoms with Crippen LogP contribution >= 0.6 is 0 Å². The minimum atomic E-state index is -0.215. The smallest absolute Gasteiger partial charge is 0.252 e. The molecule has 6 nitrogen and oxygen atoms in total. The summed E-state index contributed by atoms with van der Waals surface area (Å²) in [7, 11) is 0. The maximum absolute atomic E-state index is 11.3. The van der Waals surface area contributed by atoms with E-state index in [4.69, 9.17) is 0 Å². The molecule has 0 radical (unpaired) electrons. The summed E-state index contributed by atoms with van der Waals surface area (Å²) >= 11 is 0. The van der Waals surface area contributed by atoms with Crippen molar-refractivity contribution in [3.8, 4) is 0 Å². The van der Waals surface area contributed by atoms with Crippen LogP contribution in [0, 0.1) is 0 Å². The second-order valence-corrected chi connectivity index (χ2v) is 3.63. The second-order valence-electron chi connectivity index (χ2n) is 3.63. The standard InChI is InChI=1S/C11H18N4O2/c1-3-5-12-11(17)7-13-9-6-10(16)15-8(4-2)14-9/h6H,3-5,7H2,1-2H3,(H,12,17)(H2,13,14,15,16). The number of rotatable bonds is 6. The van der Waals surface area contributed by atoms with Crippen LogP contribution in [-0.4, -0.2) is 29.0 Å². The van der Waals surface area contributed by atoms with Gasteiger partial charge in [0, 0.05) is 19.0 Å². The number of aryl methyl sites for hydroxylation is 1. The van der Waals surface area contributed by atoms with Crippen LogP contribution in [0.5, 0.6) is 0 Å². The lowest BCUT2D eigenvalue weighted by Crippen LogP contribution is -2.30. The summed E-state index contributed by atoms with van der Waals surface area (Å²) in [6.07, 6.45) is 1.54. The SMILES string of the molecule is CCCNC(=O)CNc1cc(=O)[nH]c(CC)n1. The molecule has 0 unspecified atom stereocenters. The fraction of sp³-hybridized carbons (Fsp3) is 0.545. The van der Waals surface area contributed by atoms with Crippen molar-refractivity contribution in [2.24, 2.45) is 0 Å². The maximum atomic E-state index is 11.3. The number of aromatic nitrogens is 2. The molecule has 0 aromatic carbocycles. The van der Waals surface area contributed by atoms with E-state index in [9.17, 15) is 9.59 Å². The average molecular weight is 238 g/mol. The number of hydrogen-bond acceptors (Lipinski definition) is 4. The first-order valence-corrected chi connectivity index (χ1v) is 5.76. The second kappa shape index (κ2) is 6.67. The molecule has 3 N–H and O–H groups in total. The molecule has 6 heteroatoms. The van der Waals surface area contributed by atoms with Gasteiger partial charge >= 0.3 is 0 Å². The first-order chi connectivity index (χ1) is 8.15. The monoisotopic (exact) mass is 238 g/mol. The summed E-state index contributed by atoms with van der Waals surface area (Å²) in [5.41, 5.74) is -0.215. The highest BCUT2D eigenvalue weighted by Crippen LogP contribution is 1.98. The molecule has 94 valence electrons. The number of carbonyl (C=O) groups excluding carboxylic acids is 1. The maximum Gasteiger partial charge on any atom is 0.252 e. The molecule has 0 atom stereocenters. The van der Waals surface area contributed by atoms with E-state index in [0.29, 0.717) is 24.6 Å². The molecule has 0 bridgehead atoms. The molecule has 17 heavy (non-hydrogen) atoms. The Morgan fingerprint density at radius 1 is 1.47 bits per heavy atom. The summed E-state index contributed by atoms with van der Waals surface area (Å²) in [6, 6.07) is 1.34. The quantitative estimate of drug-likeness (QED) is 0.664. The summed E-state index contributed by atoms with van der Waals surface area (Å²) in [6.45, 7) is 4.67. The van der Waals surface area contributed by atoms with Crippen molar-refractivity contribution in [3.63, 3.8) is 0 Å². The van der Waals surface area contributed by atoms with E-state index >= 15 is 0 Å². The summed E-state index contributed by atoms with van der Waals surface area (Å²) in [5, 5.41) is 5.56. The normalized spacial score (nSPS) is 10.0. The van der Waals surface area contributed by atoms with Gasteiger partial charge in [0.05, 0.1) is 6.54 Å². The largest absolute Gasteiger partial charge is 0.361 e. The van der Waals surface area contributed by atoms with Crippen LogP contribution in [-0.2, 0) is 11.2 Å². The van der Waals surface area contributed by atoms with Crippen LogP contribution in [0.15, 0.2) is 10.9 Å². The molecular formula is C11H18N4O2. The third-order valence-corrected chi connectivity index (χ3v) is 2.13. The molecule has 0 aliphatic carbocycles. The highest BCUT2D eigenvalue weighted by atomic mass is 16.2. The number of nitrogens with one attached hydrogen (secondary N) is 3. The number of amides is 1. The van der Waals surface area contributed by atoms with Crippen LogP contribution in [0.4, 0.5) is 5.82 Å². The fourth-order valence-corrected chi connectivity index (χ4v) is 1.26. The molecule has 0 saturated heterocycles. The third kappa shape index (κ3) is 4.67. The first-order valence-electron chi connectivity index (χ1n) is 5.76. The predicted octanol–water partition coefficient (Wildman–Crippen LogP) is 0.270. The Labute approximate surface area is 99.8 Å². The molecule has 1 aromatic heterocycles. The zero-order valence-corrected chi connectivity index (χ0v) is 10.2. The lowest BCUT2D eigenvalue weighted by Gasteiger charge is -2.06. The minimum absolute atomic E-state index is 0.105. The number of H-pyrrole nitrogens is 1. The minimum Gasteiger partial charge on any atom is -0.361 e. The van der Waals surface area contributed by atoms with Crippen LogP contribution in [0.25, 0.3) is 0 Å². The van der Waals surface area contributed by atoms with Crippen molar-refractivity contribution in [2.45, 2.75) is 26.7 Å². The van der Waals surface area contributed by atoms with Crippen molar-refractivity contribution >= 4 is 11.7 Å². The average Bonchev–Trinajstić information content (AvgIpc) is 2.33. The van der Waals surface area contributed by atoms with E-state index in [-0.39, 0.29) is 18.0 Å². The molecule has 1 aromatic rings. The molecule has 0 fully saturated rings. The van der Waals surface area contributed by atoms with Crippen molar-refractivity contribution in [1.29, 1.82) is 0 Å². The van der Waals surface area contributed by atoms with Gasteiger partial charge in [-0.2, -0.15) is 0 Å². The molecule has 0 aliphatic rings. The van der Waals surface area contributed by atoms with E-state index in [1.54, 1.807) is 0 Å². The lowest BCUT2D eigenvalue weighted by atomic mass is 10.4. The van der Waals surface area contributed by atoms with Crippen molar-refractivity contribution < 1.29 is 4.79 Å². The summed E-state index contributed by atoms with van der Waals surface area (Å²) in [4.78, 5) is 29.3. The van der Waals surface area contributed by atoms with Gasteiger partial charge in [-0.3, -0.25) is 9.59 Å². The van der Waals surface area contributed by atoms with E-state index < -0.39 is 0 Å². The highest BCUT2D eigenvalue weighted by molar-refractivity contribution is 5.80. The van der Waals surface area contributed by atoms with Gasteiger partial charge in [0.2, 0.25) is 5.91 Å². The Kier molecular flexibility index (Phi) is 5.19. The van der Waals surface area contributed by atoms with E-state index in [1.165, 1.54) is 6.07 Å². The van der Waals surface area contributed by atoms with Crippen molar-refractivity contribution in [3.05, 3.63) is 22.2 Å². The molecule has 0 spiro atoms. The fourth-order valence-electron chi connectivity index (χ4n) is 1.26. The Morgan fingerprint density at radius 3 is 2.88 bits per heavy atom. The van der Waals surface area contributed by atoms with Gasteiger partial charge in [0.1, 0.15) is 11.6 Å². The summed E-state index contributed by atoms with van der Waals surface area (Å²) < 4.78 is 0. The van der Waals surface area contributed by atoms with Gasteiger partial charge in [0.15, 0.2) is 0 Å². The Balaban J connectivity index is 2.54. The number of carbonyl (C=O) groups is 1.